The Balaban J connectivity index is 1.99. The number of benzene rings is 1. The van der Waals surface area contributed by atoms with Gasteiger partial charge in [0, 0.05) is 19.6 Å². The van der Waals surface area contributed by atoms with E-state index in [0.717, 1.165) is 12.0 Å². The van der Waals surface area contributed by atoms with Gasteiger partial charge in [-0.1, -0.05) is 38.1 Å². The Bertz CT molecular complexity index is 553. The number of ether oxygens (including phenoxy) is 1. The first-order valence-corrected chi connectivity index (χ1v) is 8.03. The average molecular weight is 319 g/mol. The number of carbonyl (C=O) groups excluding carboxylic acids is 1. The van der Waals surface area contributed by atoms with Crippen molar-refractivity contribution in [1.82, 2.24) is 4.90 Å². The van der Waals surface area contributed by atoms with Gasteiger partial charge in [-0.3, -0.25) is 9.59 Å². The topological polar surface area (TPSA) is 66.8 Å². The number of carboxylic acid groups (broad SMARTS) is 1. The maximum absolute atomic E-state index is 12.5. The van der Waals surface area contributed by atoms with Gasteiger partial charge in [0.15, 0.2) is 0 Å². The molecule has 1 aliphatic carbocycles. The van der Waals surface area contributed by atoms with E-state index in [1.807, 2.05) is 0 Å². The van der Waals surface area contributed by atoms with Crippen LogP contribution in [-0.2, 0) is 14.3 Å². The summed E-state index contributed by atoms with van der Waals surface area (Å²) < 4.78 is 4.96. The van der Waals surface area contributed by atoms with Crippen molar-refractivity contribution in [3.05, 3.63) is 35.4 Å². The minimum Gasteiger partial charge on any atom is -0.480 e. The van der Waals surface area contributed by atoms with Crippen LogP contribution in [0.4, 0.5) is 0 Å². The van der Waals surface area contributed by atoms with E-state index in [9.17, 15) is 9.59 Å². The summed E-state index contributed by atoms with van der Waals surface area (Å²) in [4.78, 5) is 24.8. The Morgan fingerprint density at radius 3 is 2.48 bits per heavy atom. The molecule has 0 aromatic heterocycles. The Morgan fingerprint density at radius 1 is 1.30 bits per heavy atom. The van der Waals surface area contributed by atoms with E-state index in [2.05, 4.69) is 38.1 Å². The van der Waals surface area contributed by atoms with E-state index in [4.69, 9.17) is 9.84 Å². The molecule has 0 heterocycles. The van der Waals surface area contributed by atoms with Gasteiger partial charge in [-0.05, 0) is 29.4 Å². The zero-order chi connectivity index (χ0) is 17.0. The molecule has 0 saturated heterocycles. The molecule has 1 N–H and O–H groups in total. The number of methoxy groups -OCH3 is 1. The minimum atomic E-state index is -0.993. The van der Waals surface area contributed by atoms with Crippen LogP contribution in [0, 0.1) is 5.92 Å². The molecule has 126 valence electrons. The molecule has 0 spiro atoms. The molecule has 5 nitrogen and oxygen atoms in total. The first kappa shape index (κ1) is 17.5. The Labute approximate surface area is 137 Å². The lowest BCUT2D eigenvalue weighted by molar-refractivity contribution is -0.145. The van der Waals surface area contributed by atoms with Gasteiger partial charge in [0.25, 0.3) is 0 Å². The summed E-state index contributed by atoms with van der Waals surface area (Å²) in [7, 11) is 1.54. The normalized spacial score (nSPS) is 19.7. The zero-order valence-electron chi connectivity index (χ0n) is 14.0. The van der Waals surface area contributed by atoms with Crippen LogP contribution in [0.2, 0.25) is 0 Å². The first-order chi connectivity index (χ1) is 10.9. The summed E-state index contributed by atoms with van der Waals surface area (Å²) in [5.41, 5.74) is 2.44. The zero-order valence-corrected chi connectivity index (χ0v) is 14.0. The minimum absolute atomic E-state index is 0.0811. The first-order valence-electron chi connectivity index (χ1n) is 8.03. The summed E-state index contributed by atoms with van der Waals surface area (Å²) in [5, 5.41) is 8.97. The molecule has 2 rings (SSSR count). The highest BCUT2D eigenvalue weighted by molar-refractivity contribution is 5.86. The standard InChI is InChI=1S/C18H25NO4/c1-12(2)13-4-6-14(7-5-13)15-10-16(15)18(22)19(8-9-23-3)11-17(20)21/h4-7,12,15-16H,8-11H2,1-3H3,(H,20,21). The number of hydrogen-bond donors (Lipinski definition) is 1. The lowest BCUT2D eigenvalue weighted by atomic mass is 10.00. The second kappa shape index (κ2) is 7.59. The number of amides is 1. The van der Waals surface area contributed by atoms with E-state index < -0.39 is 5.97 Å². The van der Waals surface area contributed by atoms with Gasteiger partial charge in [-0.25, -0.2) is 0 Å². The monoisotopic (exact) mass is 319 g/mol. The molecule has 1 aromatic carbocycles. The quantitative estimate of drug-likeness (QED) is 0.799. The van der Waals surface area contributed by atoms with Gasteiger partial charge < -0.3 is 14.7 Å². The van der Waals surface area contributed by atoms with E-state index in [1.54, 1.807) is 7.11 Å². The highest BCUT2D eigenvalue weighted by atomic mass is 16.5. The molecule has 1 saturated carbocycles. The molecule has 2 atom stereocenters. The molecule has 2 unspecified atom stereocenters. The van der Waals surface area contributed by atoms with Crippen LogP contribution in [0.25, 0.3) is 0 Å². The Kier molecular flexibility index (Phi) is 5.77. The molecule has 1 fully saturated rings. The average Bonchev–Trinajstić information content (AvgIpc) is 3.31. The van der Waals surface area contributed by atoms with Gasteiger partial charge in [0.1, 0.15) is 6.54 Å². The number of carboxylic acids is 1. The van der Waals surface area contributed by atoms with E-state index in [1.165, 1.54) is 10.5 Å². The van der Waals surface area contributed by atoms with Crippen molar-refractivity contribution in [2.24, 2.45) is 5.92 Å². The molecule has 23 heavy (non-hydrogen) atoms. The number of aliphatic carboxylic acids is 1. The fourth-order valence-corrected chi connectivity index (χ4v) is 2.83. The third kappa shape index (κ3) is 4.55. The van der Waals surface area contributed by atoms with Gasteiger partial charge in [0.2, 0.25) is 5.91 Å². The maximum atomic E-state index is 12.5. The molecule has 1 aliphatic rings. The van der Waals surface area contributed by atoms with Crippen molar-refractivity contribution in [3.8, 4) is 0 Å². The molecule has 0 radical (unpaired) electrons. The molecular formula is C18H25NO4. The molecule has 0 aliphatic heterocycles. The predicted octanol–water partition coefficient (Wildman–Crippen LogP) is 2.47. The smallest absolute Gasteiger partial charge is 0.323 e. The molecule has 0 bridgehead atoms. The van der Waals surface area contributed by atoms with Gasteiger partial charge in [-0.2, -0.15) is 0 Å². The molecular weight excluding hydrogens is 294 g/mol. The predicted molar refractivity (Wildman–Crippen MR) is 87.5 cm³/mol. The van der Waals surface area contributed by atoms with E-state index >= 15 is 0 Å². The van der Waals surface area contributed by atoms with Crippen molar-refractivity contribution in [1.29, 1.82) is 0 Å². The second-order valence-corrected chi connectivity index (χ2v) is 6.42. The van der Waals surface area contributed by atoms with Gasteiger partial charge >= 0.3 is 5.97 Å². The number of hydrogen-bond acceptors (Lipinski definition) is 3. The van der Waals surface area contributed by atoms with Crippen LogP contribution >= 0.6 is 0 Å². The number of nitrogens with zero attached hydrogens (tertiary/aromatic N) is 1. The van der Waals surface area contributed by atoms with Crippen molar-refractivity contribution in [2.75, 3.05) is 26.8 Å². The Hall–Kier alpha value is -1.88. The van der Waals surface area contributed by atoms with Crippen molar-refractivity contribution >= 4 is 11.9 Å². The summed E-state index contributed by atoms with van der Waals surface area (Å²) in [5.74, 6) is -0.477. The SMILES string of the molecule is COCCN(CC(=O)O)C(=O)C1CC1c1ccc(C(C)C)cc1. The van der Waals surface area contributed by atoms with Crippen molar-refractivity contribution < 1.29 is 19.4 Å². The maximum Gasteiger partial charge on any atom is 0.323 e. The van der Waals surface area contributed by atoms with Crippen LogP contribution in [0.5, 0.6) is 0 Å². The van der Waals surface area contributed by atoms with Crippen molar-refractivity contribution in [2.45, 2.75) is 32.1 Å². The summed E-state index contributed by atoms with van der Waals surface area (Å²) in [6.45, 7) is 4.70. The molecule has 1 amide bonds. The van der Waals surface area contributed by atoms with Gasteiger partial charge in [-0.15, -0.1) is 0 Å². The van der Waals surface area contributed by atoms with Crippen LogP contribution < -0.4 is 0 Å². The van der Waals surface area contributed by atoms with Crippen LogP contribution in [-0.4, -0.2) is 48.7 Å². The summed E-state index contributed by atoms with van der Waals surface area (Å²) in [6.07, 6.45) is 0.795. The van der Waals surface area contributed by atoms with E-state index in [0.29, 0.717) is 19.1 Å². The van der Waals surface area contributed by atoms with Crippen molar-refractivity contribution in [3.63, 3.8) is 0 Å². The number of carbonyl (C=O) groups is 2. The molecule has 5 heteroatoms. The fraction of sp³-hybridized carbons (Fsp3) is 0.556. The second-order valence-electron chi connectivity index (χ2n) is 6.42. The largest absolute Gasteiger partial charge is 0.480 e. The van der Waals surface area contributed by atoms with Crippen LogP contribution in [0.1, 0.15) is 43.2 Å². The summed E-state index contributed by atoms with van der Waals surface area (Å²) >= 11 is 0. The van der Waals surface area contributed by atoms with Gasteiger partial charge in [0.05, 0.1) is 6.61 Å². The lowest BCUT2D eigenvalue weighted by Crippen LogP contribution is -2.39. The third-order valence-corrected chi connectivity index (χ3v) is 4.34. The lowest BCUT2D eigenvalue weighted by Gasteiger charge is -2.20. The fourth-order valence-electron chi connectivity index (χ4n) is 2.83. The Morgan fingerprint density at radius 2 is 1.96 bits per heavy atom. The van der Waals surface area contributed by atoms with Crippen LogP contribution in [0.3, 0.4) is 0 Å². The highest BCUT2D eigenvalue weighted by Crippen LogP contribution is 2.48. The van der Waals surface area contributed by atoms with E-state index in [-0.39, 0.29) is 24.3 Å². The highest BCUT2D eigenvalue weighted by Gasteiger charge is 2.45. The number of rotatable bonds is 8. The van der Waals surface area contributed by atoms with Crippen LogP contribution in [0.15, 0.2) is 24.3 Å². The third-order valence-electron chi connectivity index (χ3n) is 4.34. The summed E-state index contributed by atoms with van der Waals surface area (Å²) in [6, 6.07) is 8.40. The molecule has 1 aromatic rings.